The lowest BCUT2D eigenvalue weighted by Gasteiger charge is -2.22. The van der Waals surface area contributed by atoms with Crippen molar-refractivity contribution in [2.24, 2.45) is 10.4 Å². The smallest absolute Gasteiger partial charge is 0.227 e. The number of amides is 1. The number of carbonyl (C=O) groups is 1. The molecule has 1 amide bonds. The monoisotopic (exact) mass is 499 g/mol. The number of nitrogens with zero attached hydrogens (tertiary/aromatic N) is 2. The zero-order chi connectivity index (χ0) is 19.7. The Labute approximate surface area is 185 Å². The second-order valence-corrected chi connectivity index (χ2v) is 7.29. The van der Waals surface area contributed by atoms with Crippen molar-refractivity contribution in [3.63, 3.8) is 0 Å². The third-order valence-electron chi connectivity index (χ3n) is 4.48. The molecule has 0 unspecified atom stereocenters. The highest BCUT2D eigenvalue weighted by Gasteiger charge is 2.26. The minimum atomic E-state index is -0.525. The van der Waals surface area contributed by atoms with Crippen molar-refractivity contribution in [2.75, 3.05) is 26.2 Å². The first-order valence-electron chi connectivity index (χ1n) is 9.82. The number of benzene rings is 1. The second-order valence-electron chi connectivity index (χ2n) is 7.29. The van der Waals surface area contributed by atoms with Crippen LogP contribution < -0.4 is 16.0 Å². The zero-order valence-corrected chi connectivity index (χ0v) is 19.7. The van der Waals surface area contributed by atoms with Crippen LogP contribution in [0.25, 0.3) is 10.9 Å². The molecule has 7 heteroatoms. The Balaban J connectivity index is 0.00000392. The van der Waals surface area contributed by atoms with Crippen molar-refractivity contribution in [3.05, 3.63) is 36.5 Å². The number of nitrogens with one attached hydrogen (secondary N) is 3. The third kappa shape index (κ3) is 7.00. The maximum Gasteiger partial charge on any atom is 0.227 e. The first kappa shape index (κ1) is 24.3. The summed E-state index contributed by atoms with van der Waals surface area (Å²) in [6.45, 7) is 11.4. The maximum atomic E-state index is 12.1. The molecular formula is C21H34IN5O. The van der Waals surface area contributed by atoms with Crippen molar-refractivity contribution >= 4 is 46.7 Å². The minimum absolute atomic E-state index is 0. The van der Waals surface area contributed by atoms with Gasteiger partial charge in [-0.3, -0.25) is 9.79 Å². The van der Waals surface area contributed by atoms with Crippen molar-refractivity contribution in [1.82, 2.24) is 20.5 Å². The summed E-state index contributed by atoms with van der Waals surface area (Å²) in [7, 11) is 0. The van der Waals surface area contributed by atoms with Gasteiger partial charge in [0.1, 0.15) is 0 Å². The minimum Gasteiger partial charge on any atom is -0.357 e. The van der Waals surface area contributed by atoms with Gasteiger partial charge in [-0.05, 0) is 51.6 Å². The fraction of sp³-hybridized carbons (Fsp3) is 0.524. The maximum absolute atomic E-state index is 12.1. The van der Waals surface area contributed by atoms with E-state index in [-0.39, 0.29) is 29.9 Å². The molecule has 6 nitrogen and oxygen atoms in total. The van der Waals surface area contributed by atoms with Gasteiger partial charge in [0.05, 0.1) is 12.0 Å². The number of aromatic nitrogens is 1. The first-order valence-corrected chi connectivity index (χ1v) is 9.82. The molecule has 3 N–H and O–H groups in total. The molecule has 1 heterocycles. The molecule has 0 aliphatic carbocycles. The first-order chi connectivity index (χ1) is 13.0. The summed E-state index contributed by atoms with van der Waals surface area (Å²) in [5.41, 5.74) is 0.740. The Morgan fingerprint density at radius 1 is 1.07 bits per heavy atom. The van der Waals surface area contributed by atoms with Gasteiger partial charge in [0.15, 0.2) is 5.96 Å². The molecule has 0 spiro atoms. The predicted octanol–water partition coefficient (Wildman–Crippen LogP) is 3.37. The van der Waals surface area contributed by atoms with Crippen LogP contribution in [-0.4, -0.2) is 42.6 Å². The second kappa shape index (κ2) is 11.9. The molecule has 156 valence electrons. The summed E-state index contributed by atoms with van der Waals surface area (Å²) in [5.74, 6) is 0.788. The number of aryl methyl sites for hydroxylation is 1. The molecule has 2 rings (SSSR count). The predicted molar refractivity (Wildman–Crippen MR) is 128 cm³/mol. The summed E-state index contributed by atoms with van der Waals surface area (Å²) in [6.07, 6.45) is 3.13. The number of guanidine groups is 1. The molecule has 0 fully saturated rings. The van der Waals surface area contributed by atoms with E-state index in [1.54, 1.807) is 0 Å². The van der Waals surface area contributed by atoms with E-state index in [9.17, 15) is 4.79 Å². The molecule has 0 bridgehead atoms. The van der Waals surface area contributed by atoms with Crippen molar-refractivity contribution in [3.8, 4) is 0 Å². The number of hydrogen-bond acceptors (Lipinski definition) is 2. The van der Waals surface area contributed by atoms with Gasteiger partial charge >= 0.3 is 0 Å². The van der Waals surface area contributed by atoms with E-state index in [2.05, 4.69) is 62.0 Å². The number of rotatable bonds is 9. The summed E-state index contributed by atoms with van der Waals surface area (Å²) in [4.78, 5) is 16.7. The number of carbonyl (C=O) groups excluding carboxylic acids is 1. The lowest BCUT2D eigenvalue weighted by atomic mass is 9.92. The molecule has 1 aromatic carbocycles. The standard InChI is InChI=1S/C21H33N5O.HI/c1-5-22-19(27)21(3,4)16-25-20(23-6-2)24-13-9-14-26-15-12-17-10-7-8-11-18(17)26;/h7-8,10-12,15H,5-6,9,13-14,16H2,1-4H3,(H,22,27)(H2,23,24,25);1H. The van der Waals surface area contributed by atoms with Crippen LogP contribution in [0.3, 0.4) is 0 Å². The van der Waals surface area contributed by atoms with Crippen molar-refractivity contribution in [1.29, 1.82) is 0 Å². The summed E-state index contributed by atoms with van der Waals surface area (Å²) in [6, 6.07) is 10.6. The van der Waals surface area contributed by atoms with Gasteiger partial charge < -0.3 is 20.5 Å². The van der Waals surface area contributed by atoms with Crippen LogP contribution in [0.2, 0.25) is 0 Å². The van der Waals surface area contributed by atoms with E-state index in [4.69, 9.17) is 0 Å². The van der Waals surface area contributed by atoms with Crippen LogP contribution in [0.5, 0.6) is 0 Å². The van der Waals surface area contributed by atoms with Gasteiger partial charge in [-0.1, -0.05) is 18.2 Å². The highest BCUT2D eigenvalue weighted by molar-refractivity contribution is 14.0. The van der Waals surface area contributed by atoms with Crippen molar-refractivity contribution in [2.45, 2.75) is 40.7 Å². The van der Waals surface area contributed by atoms with Crippen LogP contribution in [0, 0.1) is 5.41 Å². The zero-order valence-electron chi connectivity index (χ0n) is 17.4. The number of para-hydroxylation sites is 1. The van der Waals surface area contributed by atoms with Gasteiger partial charge in [0, 0.05) is 37.9 Å². The Morgan fingerprint density at radius 2 is 1.79 bits per heavy atom. The van der Waals surface area contributed by atoms with E-state index in [1.807, 2.05) is 27.7 Å². The molecule has 0 atom stereocenters. The number of hydrogen-bond donors (Lipinski definition) is 3. The van der Waals surface area contributed by atoms with Gasteiger partial charge in [-0.15, -0.1) is 24.0 Å². The van der Waals surface area contributed by atoms with Crippen LogP contribution in [-0.2, 0) is 11.3 Å². The molecule has 28 heavy (non-hydrogen) atoms. The van der Waals surface area contributed by atoms with Crippen molar-refractivity contribution < 1.29 is 4.79 Å². The third-order valence-corrected chi connectivity index (χ3v) is 4.48. The Morgan fingerprint density at radius 3 is 2.50 bits per heavy atom. The molecule has 0 saturated heterocycles. The largest absolute Gasteiger partial charge is 0.357 e. The SMILES string of the molecule is CCNC(=O)C(C)(C)CN=C(NCC)NCCCn1ccc2ccccc21.I. The van der Waals surface area contributed by atoms with Gasteiger partial charge in [0.25, 0.3) is 0 Å². The van der Waals surface area contributed by atoms with Crippen LogP contribution >= 0.6 is 24.0 Å². The summed E-state index contributed by atoms with van der Waals surface area (Å²) < 4.78 is 2.28. The fourth-order valence-electron chi connectivity index (χ4n) is 2.88. The molecule has 2 aromatic rings. The Hall–Kier alpha value is -1.77. The van der Waals surface area contributed by atoms with E-state index in [1.165, 1.54) is 10.9 Å². The highest BCUT2D eigenvalue weighted by Crippen LogP contribution is 2.16. The number of aliphatic imine (C=N–C) groups is 1. The van der Waals surface area contributed by atoms with E-state index < -0.39 is 5.41 Å². The Bertz CT molecular complexity index is 769. The normalized spacial score (nSPS) is 11.8. The average molecular weight is 499 g/mol. The Kier molecular flexibility index (Phi) is 10.3. The van der Waals surface area contributed by atoms with Gasteiger partial charge in [-0.2, -0.15) is 0 Å². The van der Waals surface area contributed by atoms with E-state index in [0.717, 1.165) is 32.0 Å². The van der Waals surface area contributed by atoms with Gasteiger partial charge in [0.2, 0.25) is 5.91 Å². The molecule has 0 radical (unpaired) electrons. The highest BCUT2D eigenvalue weighted by atomic mass is 127. The van der Waals surface area contributed by atoms with E-state index >= 15 is 0 Å². The lowest BCUT2D eigenvalue weighted by molar-refractivity contribution is -0.128. The molecule has 0 aliphatic rings. The quantitative estimate of drug-likeness (QED) is 0.215. The molecule has 0 aliphatic heterocycles. The summed E-state index contributed by atoms with van der Waals surface area (Å²) >= 11 is 0. The lowest BCUT2D eigenvalue weighted by Crippen LogP contribution is -2.42. The van der Waals surface area contributed by atoms with E-state index in [0.29, 0.717) is 13.1 Å². The van der Waals surface area contributed by atoms with Crippen LogP contribution in [0.4, 0.5) is 0 Å². The molecule has 0 saturated carbocycles. The topological polar surface area (TPSA) is 70.4 Å². The molecular weight excluding hydrogens is 465 g/mol. The van der Waals surface area contributed by atoms with Crippen LogP contribution in [0.15, 0.2) is 41.5 Å². The summed E-state index contributed by atoms with van der Waals surface area (Å²) in [5, 5.41) is 10.8. The number of halogens is 1. The van der Waals surface area contributed by atoms with Gasteiger partial charge in [-0.25, -0.2) is 0 Å². The average Bonchev–Trinajstić information content (AvgIpc) is 3.06. The van der Waals surface area contributed by atoms with Crippen LogP contribution in [0.1, 0.15) is 34.1 Å². The molecule has 1 aromatic heterocycles. The number of fused-ring (bicyclic) bond motifs is 1. The fourth-order valence-corrected chi connectivity index (χ4v) is 2.88.